The third-order valence-electron chi connectivity index (χ3n) is 4.78. The zero-order valence-corrected chi connectivity index (χ0v) is 14.3. The molecule has 2 atom stereocenters. The van der Waals surface area contributed by atoms with Gasteiger partial charge in [0.2, 0.25) is 5.91 Å². The lowest BCUT2D eigenvalue weighted by Gasteiger charge is -2.23. The van der Waals surface area contributed by atoms with Crippen LogP contribution in [0.1, 0.15) is 6.42 Å². The molecule has 2 saturated heterocycles. The van der Waals surface area contributed by atoms with Crippen molar-refractivity contribution in [3.63, 3.8) is 0 Å². The number of carbonyl (C=O) groups excluding carboxylic acids is 2. The Balaban J connectivity index is 0.00000208. The molecule has 24 heavy (non-hydrogen) atoms. The first-order valence-electron chi connectivity index (χ1n) is 7.66. The first kappa shape index (κ1) is 18.5. The van der Waals surface area contributed by atoms with Gasteiger partial charge in [0.15, 0.2) is 0 Å². The van der Waals surface area contributed by atoms with Gasteiger partial charge in [-0.1, -0.05) is 6.07 Å². The molecule has 2 aliphatic heterocycles. The predicted octanol–water partition coefficient (Wildman–Crippen LogP) is 0.308. The molecule has 0 N–H and O–H groups in total. The van der Waals surface area contributed by atoms with E-state index >= 15 is 0 Å². The molecule has 0 saturated carbocycles. The number of pyridine rings is 1. The maximum Gasteiger partial charge on any atom is 0.316 e. The van der Waals surface area contributed by atoms with Gasteiger partial charge in [0.05, 0.1) is 20.3 Å². The lowest BCUT2D eigenvalue weighted by atomic mass is 9.81. The molecule has 0 radical (unpaired) electrons. The number of likely N-dealkylation sites (tertiary alicyclic amines) is 1. The Bertz CT molecular complexity index is 676. The quantitative estimate of drug-likeness (QED) is 0.725. The van der Waals surface area contributed by atoms with E-state index in [1.807, 2.05) is 0 Å². The molecule has 2 fully saturated rings. The van der Waals surface area contributed by atoms with E-state index in [4.69, 9.17) is 9.47 Å². The standard InChI is InChI=1S/C16H20N2O5.ClH/c1-22-15(21)16-10-18(8-12(16)9-23-11-16)14(20)5-7-17-6-3-2-4-13(17)19;/h2-4,6,12H,5,7-11H2,1H3;1H/t12-,16-;/m0./s1. The Kier molecular flexibility index (Phi) is 5.66. The highest BCUT2D eigenvalue weighted by molar-refractivity contribution is 5.85. The number of rotatable bonds is 4. The molecule has 8 heteroatoms. The van der Waals surface area contributed by atoms with Crippen LogP contribution in [0, 0.1) is 11.3 Å². The molecule has 3 rings (SSSR count). The fourth-order valence-electron chi connectivity index (χ4n) is 3.44. The van der Waals surface area contributed by atoms with E-state index in [1.165, 1.54) is 17.7 Å². The second-order valence-corrected chi connectivity index (χ2v) is 6.12. The summed E-state index contributed by atoms with van der Waals surface area (Å²) in [6, 6.07) is 4.90. The topological polar surface area (TPSA) is 77.8 Å². The number of aryl methyl sites for hydroxylation is 1. The van der Waals surface area contributed by atoms with Gasteiger partial charge in [-0.05, 0) is 6.07 Å². The van der Waals surface area contributed by atoms with Crippen LogP contribution < -0.4 is 5.56 Å². The summed E-state index contributed by atoms with van der Waals surface area (Å²) in [5.74, 6) is -0.383. The number of carbonyl (C=O) groups is 2. The molecule has 2 aliphatic rings. The predicted molar refractivity (Wildman–Crippen MR) is 87.9 cm³/mol. The van der Waals surface area contributed by atoms with Crippen LogP contribution in [-0.2, 0) is 25.6 Å². The number of fused-ring (bicyclic) bond motifs is 1. The highest BCUT2D eigenvalue weighted by atomic mass is 35.5. The Hall–Kier alpha value is -1.86. The van der Waals surface area contributed by atoms with Crippen LogP contribution >= 0.6 is 12.4 Å². The molecule has 0 bridgehead atoms. The summed E-state index contributed by atoms with van der Waals surface area (Å²) < 4.78 is 11.8. The summed E-state index contributed by atoms with van der Waals surface area (Å²) in [6.45, 7) is 1.93. The average molecular weight is 357 g/mol. The van der Waals surface area contributed by atoms with Crippen molar-refractivity contribution in [3.8, 4) is 0 Å². The van der Waals surface area contributed by atoms with Gasteiger partial charge in [-0.15, -0.1) is 12.4 Å². The van der Waals surface area contributed by atoms with Gasteiger partial charge in [-0.3, -0.25) is 14.4 Å². The molecule has 132 valence electrons. The van der Waals surface area contributed by atoms with Crippen LogP contribution in [0.4, 0.5) is 0 Å². The van der Waals surface area contributed by atoms with Gasteiger partial charge < -0.3 is 18.9 Å². The minimum absolute atomic E-state index is 0. The number of hydrogen-bond acceptors (Lipinski definition) is 5. The van der Waals surface area contributed by atoms with Crippen LogP contribution in [0.5, 0.6) is 0 Å². The summed E-state index contributed by atoms with van der Waals surface area (Å²) in [4.78, 5) is 37.9. The molecule has 0 unspecified atom stereocenters. The maximum atomic E-state index is 12.4. The third kappa shape index (κ3) is 3.18. The van der Waals surface area contributed by atoms with Gasteiger partial charge in [0.25, 0.3) is 5.56 Å². The van der Waals surface area contributed by atoms with Gasteiger partial charge >= 0.3 is 5.97 Å². The van der Waals surface area contributed by atoms with Crippen molar-refractivity contribution < 1.29 is 19.1 Å². The van der Waals surface area contributed by atoms with E-state index in [0.717, 1.165) is 0 Å². The average Bonchev–Trinajstić information content (AvgIpc) is 3.11. The number of nitrogens with zero attached hydrogens (tertiary/aromatic N) is 2. The zero-order valence-electron chi connectivity index (χ0n) is 13.5. The smallest absolute Gasteiger partial charge is 0.316 e. The number of aromatic nitrogens is 1. The van der Waals surface area contributed by atoms with Gasteiger partial charge in [0.1, 0.15) is 5.41 Å². The molecular weight excluding hydrogens is 336 g/mol. The summed E-state index contributed by atoms with van der Waals surface area (Å²) in [6.07, 6.45) is 1.90. The van der Waals surface area contributed by atoms with Gasteiger partial charge in [-0.25, -0.2) is 0 Å². The summed E-state index contributed by atoms with van der Waals surface area (Å²) in [5.41, 5.74) is -0.855. The van der Waals surface area contributed by atoms with E-state index in [0.29, 0.717) is 32.8 Å². The molecule has 1 aromatic rings. The number of hydrogen-bond donors (Lipinski definition) is 0. The fourth-order valence-corrected chi connectivity index (χ4v) is 3.44. The van der Waals surface area contributed by atoms with Crippen LogP contribution in [0.25, 0.3) is 0 Å². The second kappa shape index (κ2) is 7.36. The van der Waals surface area contributed by atoms with Crippen molar-refractivity contribution in [1.82, 2.24) is 9.47 Å². The van der Waals surface area contributed by atoms with Crippen LogP contribution in [0.15, 0.2) is 29.2 Å². The first-order chi connectivity index (χ1) is 11.1. The van der Waals surface area contributed by atoms with E-state index in [9.17, 15) is 14.4 Å². The minimum Gasteiger partial charge on any atom is -0.468 e. The van der Waals surface area contributed by atoms with Crippen molar-refractivity contribution in [1.29, 1.82) is 0 Å². The van der Waals surface area contributed by atoms with Crippen LogP contribution in [0.3, 0.4) is 0 Å². The van der Waals surface area contributed by atoms with Crippen molar-refractivity contribution in [3.05, 3.63) is 34.7 Å². The summed E-state index contributed by atoms with van der Waals surface area (Å²) in [7, 11) is 1.36. The molecule has 0 aromatic carbocycles. The Morgan fingerprint density at radius 3 is 2.92 bits per heavy atom. The molecule has 0 spiro atoms. The Labute approximate surface area is 145 Å². The van der Waals surface area contributed by atoms with E-state index in [1.54, 1.807) is 23.2 Å². The van der Waals surface area contributed by atoms with Crippen molar-refractivity contribution in [2.75, 3.05) is 33.4 Å². The SMILES string of the molecule is COC(=O)[C@@]12COC[C@@H]1CN(C(=O)CCn1ccccc1=O)C2.Cl. The van der Waals surface area contributed by atoms with Crippen molar-refractivity contribution >= 4 is 24.3 Å². The van der Waals surface area contributed by atoms with E-state index in [-0.39, 0.29) is 42.2 Å². The lowest BCUT2D eigenvalue weighted by Crippen LogP contribution is -2.41. The minimum atomic E-state index is -0.728. The summed E-state index contributed by atoms with van der Waals surface area (Å²) >= 11 is 0. The Morgan fingerprint density at radius 1 is 1.42 bits per heavy atom. The molecule has 1 aromatic heterocycles. The third-order valence-corrected chi connectivity index (χ3v) is 4.78. The van der Waals surface area contributed by atoms with Gasteiger partial charge in [-0.2, -0.15) is 0 Å². The largest absolute Gasteiger partial charge is 0.468 e. The Morgan fingerprint density at radius 2 is 2.21 bits per heavy atom. The first-order valence-corrected chi connectivity index (χ1v) is 7.66. The van der Waals surface area contributed by atoms with Crippen molar-refractivity contribution in [2.24, 2.45) is 11.3 Å². The molecular formula is C16H21ClN2O5. The van der Waals surface area contributed by atoms with Crippen LogP contribution in [0.2, 0.25) is 0 Å². The number of methoxy groups -OCH3 is 1. The van der Waals surface area contributed by atoms with Gasteiger partial charge in [0, 0.05) is 44.2 Å². The second-order valence-electron chi connectivity index (χ2n) is 6.12. The maximum absolute atomic E-state index is 12.4. The number of esters is 1. The van der Waals surface area contributed by atoms with Crippen LogP contribution in [-0.4, -0.2) is 54.8 Å². The fraction of sp³-hybridized carbons (Fsp3) is 0.562. The summed E-state index contributed by atoms with van der Waals surface area (Å²) in [5, 5.41) is 0. The number of halogens is 1. The molecule has 3 heterocycles. The zero-order chi connectivity index (χ0) is 16.4. The number of amides is 1. The van der Waals surface area contributed by atoms with E-state index in [2.05, 4.69) is 0 Å². The molecule has 1 amide bonds. The monoisotopic (exact) mass is 356 g/mol. The highest BCUT2D eigenvalue weighted by Crippen LogP contribution is 2.42. The van der Waals surface area contributed by atoms with Crippen molar-refractivity contribution in [2.45, 2.75) is 13.0 Å². The normalized spacial score (nSPS) is 25.0. The highest BCUT2D eigenvalue weighted by Gasteiger charge is 2.57. The number of ether oxygens (including phenoxy) is 2. The van der Waals surface area contributed by atoms with E-state index < -0.39 is 5.41 Å². The molecule has 7 nitrogen and oxygen atoms in total. The molecule has 0 aliphatic carbocycles. The lowest BCUT2D eigenvalue weighted by molar-refractivity contribution is -0.153.